The molecule has 0 saturated heterocycles. The predicted molar refractivity (Wildman–Crippen MR) is 320 cm³/mol. The Morgan fingerprint density at radius 2 is 0.480 bits per heavy atom. The predicted octanol–water partition coefficient (Wildman–Crippen LogP) is 20.8. The molecule has 0 spiro atoms. The summed E-state index contributed by atoms with van der Waals surface area (Å²) >= 11 is 0. The van der Waals surface area contributed by atoms with Gasteiger partial charge in [0.25, 0.3) is 0 Å². The van der Waals surface area contributed by atoms with Gasteiger partial charge in [-0.15, -0.1) is 0 Å². The molecule has 0 aliphatic heterocycles. The van der Waals surface area contributed by atoms with Crippen molar-refractivity contribution in [1.29, 1.82) is 0 Å². The number of fused-ring (bicyclic) bond motifs is 3. The summed E-state index contributed by atoms with van der Waals surface area (Å²) in [6, 6.07) is 113. The van der Waals surface area contributed by atoms with Crippen LogP contribution < -0.4 is 4.90 Å². The molecular formula is C74H51N. The molecule has 352 valence electrons. The van der Waals surface area contributed by atoms with Crippen molar-refractivity contribution in [2.24, 2.45) is 0 Å². The first-order valence-electron chi connectivity index (χ1n) is 25.8. The highest BCUT2D eigenvalue weighted by Crippen LogP contribution is 2.47. The Labute approximate surface area is 439 Å². The summed E-state index contributed by atoms with van der Waals surface area (Å²) in [5.74, 6) is 0. The summed E-state index contributed by atoms with van der Waals surface area (Å²) in [7, 11) is 0. The van der Waals surface area contributed by atoms with Gasteiger partial charge in [0, 0.05) is 17.1 Å². The van der Waals surface area contributed by atoms with Crippen molar-refractivity contribution < 1.29 is 0 Å². The zero-order chi connectivity index (χ0) is 49.9. The number of rotatable bonds is 11. The van der Waals surface area contributed by atoms with Crippen molar-refractivity contribution in [2.75, 3.05) is 4.90 Å². The van der Waals surface area contributed by atoms with Crippen LogP contribution in [0.15, 0.2) is 309 Å². The molecule has 0 N–H and O–H groups in total. The van der Waals surface area contributed by atoms with Gasteiger partial charge in [-0.25, -0.2) is 0 Å². The van der Waals surface area contributed by atoms with Crippen molar-refractivity contribution in [3.63, 3.8) is 0 Å². The molecule has 13 aromatic rings. The number of benzene rings is 13. The summed E-state index contributed by atoms with van der Waals surface area (Å²) in [5, 5.41) is 4.98. The standard InChI is InChI=1S/C74H51N/c1-7-21-54(22-8-1)65-46-39-60(49-70(65)56-25-11-3-12-26-56)52-35-41-62(42-36-52)75(64-45-48-66(55-23-9-2-10-24-55)71(51-64)57-27-13-4-14-28-57)63-43-37-53(38-44-63)61-40-47-69-72(50-61)67-33-19-20-34-68(67)73(58-29-15-5-16-30-58)74(69)59-31-17-6-18-32-59/h1-51H. The van der Waals surface area contributed by atoms with E-state index < -0.39 is 0 Å². The van der Waals surface area contributed by atoms with E-state index in [1.165, 1.54) is 99.4 Å². The molecule has 0 aliphatic carbocycles. The van der Waals surface area contributed by atoms with Gasteiger partial charge in [0.15, 0.2) is 0 Å². The molecule has 0 amide bonds. The summed E-state index contributed by atoms with van der Waals surface area (Å²) in [6.45, 7) is 0. The second kappa shape index (κ2) is 20.0. The van der Waals surface area contributed by atoms with E-state index >= 15 is 0 Å². The zero-order valence-electron chi connectivity index (χ0n) is 41.4. The Hall–Kier alpha value is -9.82. The van der Waals surface area contributed by atoms with Crippen LogP contribution in [0.25, 0.3) is 111 Å². The number of nitrogens with zero attached hydrogens (tertiary/aromatic N) is 1. The Morgan fingerprint density at radius 1 is 0.160 bits per heavy atom. The zero-order valence-corrected chi connectivity index (χ0v) is 41.4. The summed E-state index contributed by atoms with van der Waals surface area (Å²) in [6.07, 6.45) is 0. The van der Waals surface area contributed by atoms with E-state index in [1.807, 2.05) is 0 Å². The highest BCUT2D eigenvalue weighted by Gasteiger charge is 2.20. The lowest BCUT2D eigenvalue weighted by atomic mass is 9.84. The third-order valence-electron chi connectivity index (χ3n) is 14.7. The molecule has 0 radical (unpaired) electrons. The first-order chi connectivity index (χ1) is 37.2. The van der Waals surface area contributed by atoms with E-state index in [2.05, 4.69) is 314 Å². The minimum Gasteiger partial charge on any atom is -0.310 e. The molecule has 1 nitrogen and oxygen atoms in total. The molecule has 0 aromatic heterocycles. The van der Waals surface area contributed by atoms with Crippen molar-refractivity contribution >= 4 is 38.6 Å². The van der Waals surface area contributed by atoms with Crippen LogP contribution in [0.1, 0.15) is 0 Å². The molecule has 0 fully saturated rings. The van der Waals surface area contributed by atoms with Gasteiger partial charge in [0.2, 0.25) is 0 Å². The highest BCUT2D eigenvalue weighted by atomic mass is 15.1. The molecule has 0 heterocycles. The third kappa shape index (κ3) is 8.77. The van der Waals surface area contributed by atoms with E-state index in [9.17, 15) is 0 Å². The molecule has 75 heavy (non-hydrogen) atoms. The van der Waals surface area contributed by atoms with Gasteiger partial charge in [-0.1, -0.05) is 261 Å². The van der Waals surface area contributed by atoms with Gasteiger partial charge in [0.1, 0.15) is 0 Å². The summed E-state index contributed by atoms with van der Waals surface area (Å²) in [4.78, 5) is 2.40. The maximum atomic E-state index is 2.40. The Bertz CT molecular complexity index is 4100. The summed E-state index contributed by atoms with van der Waals surface area (Å²) in [5.41, 5.74) is 22.4. The van der Waals surface area contributed by atoms with E-state index in [4.69, 9.17) is 0 Å². The largest absolute Gasteiger partial charge is 0.310 e. The van der Waals surface area contributed by atoms with Crippen molar-refractivity contribution in [3.05, 3.63) is 309 Å². The van der Waals surface area contributed by atoms with Crippen LogP contribution in [0.3, 0.4) is 0 Å². The normalized spacial score (nSPS) is 11.2. The second-order valence-electron chi connectivity index (χ2n) is 19.2. The van der Waals surface area contributed by atoms with Gasteiger partial charge in [-0.3, -0.25) is 0 Å². The smallest absolute Gasteiger partial charge is 0.0468 e. The summed E-state index contributed by atoms with van der Waals surface area (Å²) < 4.78 is 0. The van der Waals surface area contributed by atoms with Gasteiger partial charge < -0.3 is 4.90 Å². The lowest BCUT2D eigenvalue weighted by molar-refractivity contribution is 1.28. The van der Waals surface area contributed by atoms with E-state index in [1.54, 1.807) is 0 Å². The van der Waals surface area contributed by atoms with Crippen LogP contribution in [0.2, 0.25) is 0 Å². The van der Waals surface area contributed by atoms with Gasteiger partial charge in [-0.05, 0) is 159 Å². The van der Waals surface area contributed by atoms with Gasteiger partial charge in [-0.2, -0.15) is 0 Å². The SMILES string of the molecule is c1ccc(-c2ccc(-c3ccc(N(c4ccc(-c5ccc6c(-c7ccccc7)c(-c7ccccc7)c7ccccc7c6c5)cc4)c4ccc(-c5ccccc5)c(-c5ccccc5)c4)cc3)cc2-c2ccccc2)cc1. The van der Waals surface area contributed by atoms with Gasteiger partial charge >= 0.3 is 0 Å². The molecule has 13 rings (SSSR count). The van der Waals surface area contributed by atoms with Crippen LogP contribution in [0.5, 0.6) is 0 Å². The number of hydrogen-bond acceptors (Lipinski definition) is 1. The molecule has 0 unspecified atom stereocenters. The fourth-order valence-corrected chi connectivity index (χ4v) is 11.1. The lowest BCUT2D eigenvalue weighted by Crippen LogP contribution is -2.10. The second-order valence-corrected chi connectivity index (χ2v) is 19.2. The average Bonchev–Trinajstić information content (AvgIpc) is 3.50. The molecule has 0 aliphatic rings. The fraction of sp³-hybridized carbons (Fsp3) is 0. The Kier molecular flexibility index (Phi) is 12.0. The van der Waals surface area contributed by atoms with Crippen LogP contribution in [-0.4, -0.2) is 0 Å². The number of hydrogen-bond donors (Lipinski definition) is 0. The van der Waals surface area contributed by atoms with E-state index in [-0.39, 0.29) is 0 Å². The van der Waals surface area contributed by atoms with E-state index in [0.29, 0.717) is 0 Å². The van der Waals surface area contributed by atoms with Crippen molar-refractivity contribution in [1.82, 2.24) is 0 Å². The first-order valence-corrected chi connectivity index (χ1v) is 25.8. The average molecular weight is 954 g/mol. The third-order valence-corrected chi connectivity index (χ3v) is 14.7. The van der Waals surface area contributed by atoms with Crippen molar-refractivity contribution in [2.45, 2.75) is 0 Å². The molecular weight excluding hydrogens is 903 g/mol. The minimum absolute atomic E-state index is 1.07. The van der Waals surface area contributed by atoms with Crippen LogP contribution >= 0.6 is 0 Å². The molecule has 0 saturated carbocycles. The fourth-order valence-electron chi connectivity index (χ4n) is 11.1. The monoisotopic (exact) mass is 953 g/mol. The quantitative estimate of drug-likeness (QED) is 0.117. The molecule has 0 atom stereocenters. The first kappa shape index (κ1) is 45.1. The van der Waals surface area contributed by atoms with Crippen LogP contribution in [0.4, 0.5) is 17.1 Å². The van der Waals surface area contributed by atoms with Crippen LogP contribution in [-0.2, 0) is 0 Å². The van der Waals surface area contributed by atoms with Crippen LogP contribution in [0, 0.1) is 0 Å². The van der Waals surface area contributed by atoms with Gasteiger partial charge in [0.05, 0.1) is 0 Å². The molecule has 1 heteroatoms. The Balaban J connectivity index is 0.933. The highest BCUT2D eigenvalue weighted by molar-refractivity contribution is 6.22. The number of anilines is 3. The maximum absolute atomic E-state index is 2.40. The Morgan fingerprint density at radius 3 is 0.947 bits per heavy atom. The molecule has 13 aromatic carbocycles. The minimum atomic E-state index is 1.07. The van der Waals surface area contributed by atoms with E-state index in [0.717, 1.165) is 28.2 Å². The maximum Gasteiger partial charge on any atom is 0.0468 e. The molecule has 0 bridgehead atoms. The topological polar surface area (TPSA) is 3.24 Å². The lowest BCUT2D eigenvalue weighted by Gasteiger charge is -2.27. The van der Waals surface area contributed by atoms with Crippen molar-refractivity contribution in [3.8, 4) is 89.0 Å².